The third-order valence-electron chi connectivity index (χ3n) is 5.66. The summed E-state index contributed by atoms with van der Waals surface area (Å²) in [6, 6.07) is 1.81. The second-order valence-corrected chi connectivity index (χ2v) is 8.55. The van der Waals surface area contributed by atoms with Gasteiger partial charge in [-0.2, -0.15) is 10.2 Å². The molecule has 0 bridgehead atoms. The number of aryl methyl sites for hydroxylation is 2. The Hall–Kier alpha value is -2.73. The van der Waals surface area contributed by atoms with E-state index in [9.17, 15) is 0 Å². The first kappa shape index (κ1) is 17.4. The van der Waals surface area contributed by atoms with Crippen LogP contribution in [0.25, 0.3) is 26.4 Å². The topological polar surface area (TPSA) is 71.8 Å². The monoisotopic (exact) mass is 392 g/mol. The first-order valence-electron chi connectivity index (χ1n) is 9.42. The van der Waals surface area contributed by atoms with Crippen molar-refractivity contribution in [3.8, 4) is 16.5 Å². The van der Waals surface area contributed by atoms with E-state index in [1.165, 1.54) is 11.3 Å². The van der Waals surface area contributed by atoms with Gasteiger partial charge in [0, 0.05) is 30.7 Å². The van der Waals surface area contributed by atoms with Gasteiger partial charge in [0.1, 0.15) is 5.82 Å². The SMILES string of the molecule is Cc1cc(-c2nn3cc(C4CCB(C#N)CC4)nc3s2)c(F)c2cn(C)nc12. The molecule has 4 aromatic rings. The van der Waals surface area contributed by atoms with Crippen molar-refractivity contribution in [2.45, 2.75) is 38.3 Å². The molecule has 1 saturated heterocycles. The lowest BCUT2D eigenvalue weighted by atomic mass is 9.41. The molecular formula is C19H18BFN6S. The average molecular weight is 392 g/mol. The van der Waals surface area contributed by atoms with Crippen LogP contribution < -0.4 is 0 Å². The molecule has 9 heteroatoms. The normalized spacial score (nSPS) is 15.6. The molecule has 1 aliphatic rings. The van der Waals surface area contributed by atoms with E-state index < -0.39 is 0 Å². The highest BCUT2D eigenvalue weighted by Crippen LogP contribution is 2.36. The van der Waals surface area contributed by atoms with Crippen LogP contribution in [0.5, 0.6) is 0 Å². The van der Waals surface area contributed by atoms with Gasteiger partial charge in [0.2, 0.25) is 4.96 Å². The Morgan fingerprint density at radius 1 is 1.29 bits per heavy atom. The lowest BCUT2D eigenvalue weighted by Crippen LogP contribution is -2.19. The van der Waals surface area contributed by atoms with Crippen LogP contribution in [-0.4, -0.2) is 31.1 Å². The van der Waals surface area contributed by atoms with Crippen molar-refractivity contribution in [3.05, 3.63) is 35.5 Å². The summed E-state index contributed by atoms with van der Waals surface area (Å²) in [6.07, 6.45) is 7.50. The van der Waals surface area contributed by atoms with Crippen LogP contribution in [0.2, 0.25) is 12.6 Å². The third-order valence-corrected chi connectivity index (χ3v) is 6.61. The molecule has 28 heavy (non-hydrogen) atoms. The minimum atomic E-state index is -0.291. The second kappa shape index (κ2) is 6.42. The Morgan fingerprint density at radius 2 is 2.07 bits per heavy atom. The zero-order valence-corrected chi connectivity index (χ0v) is 16.5. The van der Waals surface area contributed by atoms with Crippen molar-refractivity contribution >= 4 is 33.9 Å². The van der Waals surface area contributed by atoms with Gasteiger partial charge in [-0.15, -0.1) is 0 Å². The van der Waals surface area contributed by atoms with Crippen molar-refractivity contribution in [3.63, 3.8) is 0 Å². The molecule has 3 aromatic heterocycles. The predicted molar refractivity (Wildman–Crippen MR) is 108 cm³/mol. The van der Waals surface area contributed by atoms with Gasteiger partial charge < -0.3 is 0 Å². The number of aromatic nitrogens is 5. The molecule has 0 saturated carbocycles. The lowest BCUT2D eigenvalue weighted by molar-refractivity contribution is 0.598. The fraction of sp³-hybridized carbons (Fsp3) is 0.368. The summed E-state index contributed by atoms with van der Waals surface area (Å²) in [7, 11) is 1.79. The van der Waals surface area contributed by atoms with Crippen molar-refractivity contribution in [2.75, 3.05) is 0 Å². The van der Waals surface area contributed by atoms with Crippen LogP contribution in [0.3, 0.4) is 0 Å². The van der Waals surface area contributed by atoms with Crippen LogP contribution in [0.1, 0.15) is 30.0 Å². The van der Waals surface area contributed by atoms with Gasteiger partial charge in [-0.25, -0.2) is 19.2 Å². The molecule has 0 aliphatic carbocycles. The summed E-state index contributed by atoms with van der Waals surface area (Å²) in [6.45, 7) is 2.12. The molecule has 140 valence electrons. The standard InChI is InChI=1S/C19H18BFN6S/c1-11-7-13(16(21)14-8-26(2)24-17(11)14)18-25-27-9-15(23-19(27)28-18)12-3-5-20(10-22)6-4-12/h7-9,12H,3-6H2,1-2H3. The third kappa shape index (κ3) is 2.71. The highest BCUT2D eigenvalue weighted by atomic mass is 32.1. The van der Waals surface area contributed by atoms with Gasteiger partial charge >= 0.3 is 0 Å². The molecule has 0 spiro atoms. The van der Waals surface area contributed by atoms with Gasteiger partial charge in [0.05, 0.1) is 22.8 Å². The number of nitriles is 1. The van der Waals surface area contributed by atoms with Crippen molar-refractivity contribution in [2.24, 2.45) is 7.05 Å². The first-order valence-corrected chi connectivity index (χ1v) is 10.2. The number of halogens is 1. The van der Waals surface area contributed by atoms with Crippen LogP contribution in [-0.2, 0) is 7.05 Å². The highest BCUT2D eigenvalue weighted by Gasteiger charge is 2.27. The van der Waals surface area contributed by atoms with Gasteiger partial charge in [-0.1, -0.05) is 36.8 Å². The number of rotatable bonds is 2. The van der Waals surface area contributed by atoms with Gasteiger partial charge in [0.25, 0.3) is 6.71 Å². The van der Waals surface area contributed by atoms with E-state index in [0.717, 1.165) is 41.7 Å². The molecule has 1 fully saturated rings. The molecule has 0 radical (unpaired) electrons. The predicted octanol–water partition coefficient (Wildman–Crippen LogP) is 4.23. The van der Waals surface area contributed by atoms with Crippen molar-refractivity contribution in [1.82, 2.24) is 24.4 Å². The molecular weight excluding hydrogens is 374 g/mol. The van der Waals surface area contributed by atoms with E-state index in [2.05, 4.69) is 16.2 Å². The highest BCUT2D eigenvalue weighted by molar-refractivity contribution is 7.19. The van der Waals surface area contributed by atoms with Crippen molar-refractivity contribution in [1.29, 1.82) is 5.26 Å². The minimum Gasteiger partial charge on any atom is -0.274 e. The average Bonchev–Trinajstić information content (AvgIpc) is 3.37. The Balaban J connectivity index is 1.50. The number of fused-ring (bicyclic) bond motifs is 2. The lowest BCUT2D eigenvalue weighted by Gasteiger charge is -2.21. The molecule has 0 atom stereocenters. The van der Waals surface area contributed by atoms with E-state index in [1.54, 1.807) is 22.4 Å². The molecule has 0 unspecified atom stereocenters. The Morgan fingerprint density at radius 3 is 2.79 bits per heavy atom. The summed E-state index contributed by atoms with van der Waals surface area (Å²) < 4.78 is 18.5. The number of hydrogen-bond donors (Lipinski definition) is 0. The smallest absolute Gasteiger partial charge is 0.267 e. The summed E-state index contributed by atoms with van der Waals surface area (Å²) in [5.41, 5.74) is 3.13. The molecule has 4 heterocycles. The largest absolute Gasteiger partial charge is 0.274 e. The molecule has 1 aliphatic heterocycles. The van der Waals surface area contributed by atoms with E-state index in [0.29, 0.717) is 27.4 Å². The maximum absolute atomic E-state index is 15.1. The fourth-order valence-electron chi connectivity index (χ4n) is 4.13. The van der Waals surface area contributed by atoms with Gasteiger partial charge in [-0.3, -0.25) is 4.68 Å². The molecule has 0 amide bonds. The van der Waals surface area contributed by atoms with E-state index in [-0.39, 0.29) is 12.5 Å². The maximum Gasteiger partial charge on any atom is 0.267 e. The summed E-state index contributed by atoms with van der Waals surface area (Å²) in [5.74, 6) is 2.46. The number of hydrogen-bond acceptors (Lipinski definition) is 5. The molecule has 5 rings (SSSR count). The van der Waals surface area contributed by atoms with Gasteiger partial charge in [-0.05, 0) is 18.6 Å². The van der Waals surface area contributed by atoms with Crippen LogP contribution in [0.4, 0.5) is 4.39 Å². The van der Waals surface area contributed by atoms with Crippen LogP contribution in [0.15, 0.2) is 18.5 Å². The second-order valence-electron chi connectivity index (χ2n) is 7.60. The van der Waals surface area contributed by atoms with Crippen LogP contribution >= 0.6 is 11.3 Å². The van der Waals surface area contributed by atoms with E-state index in [1.807, 2.05) is 19.2 Å². The number of imidazole rings is 1. The summed E-state index contributed by atoms with van der Waals surface area (Å²) >= 11 is 1.40. The Bertz CT molecular complexity index is 1210. The fourth-order valence-corrected chi connectivity index (χ4v) is 5.03. The Labute approximate surface area is 165 Å². The van der Waals surface area contributed by atoms with Gasteiger partial charge in [0.15, 0.2) is 5.01 Å². The molecule has 0 N–H and O–H groups in total. The zero-order valence-electron chi connectivity index (χ0n) is 15.7. The Kier molecular flexibility index (Phi) is 3.98. The molecule has 1 aromatic carbocycles. The minimum absolute atomic E-state index is 0.179. The zero-order chi connectivity index (χ0) is 19.4. The summed E-state index contributed by atoms with van der Waals surface area (Å²) in [5, 5.41) is 19.1. The first-order chi connectivity index (χ1) is 13.5. The quantitative estimate of drug-likeness (QED) is 0.479. The molecule has 6 nitrogen and oxygen atoms in total. The van der Waals surface area contributed by atoms with Crippen LogP contribution in [0, 0.1) is 24.0 Å². The number of nitrogens with zero attached hydrogens (tertiary/aromatic N) is 6. The van der Waals surface area contributed by atoms with Crippen molar-refractivity contribution < 1.29 is 4.39 Å². The van der Waals surface area contributed by atoms with E-state index >= 15 is 4.39 Å². The van der Waals surface area contributed by atoms with E-state index in [4.69, 9.17) is 10.2 Å². The number of benzene rings is 1. The summed E-state index contributed by atoms with van der Waals surface area (Å²) in [4.78, 5) is 5.52. The maximum atomic E-state index is 15.1.